The first-order valence-corrected chi connectivity index (χ1v) is 10.6. The smallest absolute Gasteiger partial charge is 0.400 e. The molecule has 0 saturated carbocycles. The van der Waals surface area contributed by atoms with Gasteiger partial charge in [0.1, 0.15) is 0 Å². The van der Waals surface area contributed by atoms with Crippen molar-refractivity contribution in [3.05, 3.63) is 84.4 Å². The summed E-state index contributed by atoms with van der Waals surface area (Å²) >= 11 is 1.77. The molecule has 3 aromatic rings. The molecule has 1 N–H and O–H groups in total. The normalized spacial score (nSPS) is 10.4. The summed E-state index contributed by atoms with van der Waals surface area (Å²) in [5, 5.41) is 3.01. The van der Waals surface area contributed by atoms with Crippen molar-refractivity contribution >= 4 is 23.4 Å². The molecule has 0 spiro atoms. The zero-order valence-electron chi connectivity index (χ0n) is 17.5. The van der Waals surface area contributed by atoms with E-state index in [9.17, 15) is 4.79 Å². The summed E-state index contributed by atoms with van der Waals surface area (Å²) in [5.74, 6) is 0.844. The average Bonchev–Trinajstić information content (AvgIpc) is 3.37. The van der Waals surface area contributed by atoms with E-state index in [-0.39, 0.29) is 23.0 Å². The van der Waals surface area contributed by atoms with Gasteiger partial charge in [-0.15, -0.1) is 17.8 Å². The average molecular weight is 450 g/mol. The molecule has 0 aromatic heterocycles. The van der Waals surface area contributed by atoms with Gasteiger partial charge in [-0.3, -0.25) is 4.90 Å². The van der Waals surface area contributed by atoms with E-state index in [2.05, 4.69) is 44.0 Å². The SMILES string of the molecule is CC(C)N(CSc1ccc[c-]1NC(=O)c1ccccc1)C(C)C.[Fe+2].c1cc[cH-]c1. The molecule has 0 aliphatic heterocycles. The molecular formula is C24H30FeN2OS. The Morgan fingerprint density at radius 1 is 1.00 bits per heavy atom. The number of amides is 1. The minimum Gasteiger partial charge on any atom is -0.400 e. The number of anilines is 1. The van der Waals surface area contributed by atoms with Crippen molar-refractivity contribution < 1.29 is 21.9 Å². The van der Waals surface area contributed by atoms with Crippen LogP contribution in [0.4, 0.5) is 5.69 Å². The molecule has 0 saturated heterocycles. The second kappa shape index (κ2) is 13.4. The Labute approximate surface area is 190 Å². The molecule has 3 rings (SSSR count). The van der Waals surface area contributed by atoms with Crippen LogP contribution in [0.5, 0.6) is 0 Å². The summed E-state index contributed by atoms with van der Waals surface area (Å²) in [6.45, 7) is 8.85. The number of nitrogens with one attached hydrogen (secondary N) is 1. The maximum absolute atomic E-state index is 12.3. The Balaban J connectivity index is 0.000000610. The van der Waals surface area contributed by atoms with Gasteiger partial charge in [0.2, 0.25) is 0 Å². The first kappa shape index (κ1) is 25.3. The number of thioether (sulfide) groups is 1. The monoisotopic (exact) mass is 450 g/mol. The first-order chi connectivity index (χ1) is 13.5. The maximum atomic E-state index is 12.3. The van der Waals surface area contributed by atoms with Crippen molar-refractivity contribution in [1.29, 1.82) is 0 Å². The summed E-state index contributed by atoms with van der Waals surface area (Å²) in [6, 6.07) is 26.3. The minimum atomic E-state index is -0.0665. The summed E-state index contributed by atoms with van der Waals surface area (Å²) in [6.07, 6.45) is 0. The molecule has 0 bridgehead atoms. The Kier molecular flexibility index (Phi) is 11.7. The van der Waals surface area contributed by atoms with Crippen LogP contribution in [-0.2, 0) is 17.1 Å². The third-order valence-electron chi connectivity index (χ3n) is 4.31. The van der Waals surface area contributed by atoms with Crippen LogP contribution in [0.15, 0.2) is 83.8 Å². The van der Waals surface area contributed by atoms with E-state index in [1.807, 2.05) is 72.8 Å². The van der Waals surface area contributed by atoms with Crippen LogP contribution in [0.3, 0.4) is 0 Å². The van der Waals surface area contributed by atoms with E-state index in [0.29, 0.717) is 17.6 Å². The summed E-state index contributed by atoms with van der Waals surface area (Å²) < 4.78 is 0. The van der Waals surface area contributed by atoms with Crippen molar-refractivity contribution in [2.75, 3.05) is 11.2 Å². The van der Waals surface area contributed by atoms with Crippen LogP contribution in [0.1, 0.15) is 38.1 Å². The second-order valence-corrected chi connectivity index (χ2v) is 8.05. The van der Waals surface area contributed by atoms with Gasteiger partial charge in [0, 0.05) is 18.0 Å². The summed E-state index contributed by atoms with van der Waals surface area (Å²) in [5.41, 5.74) is 1.56. The van der Waals surface area contributed by atoms with Gasteiger partial charge >= 0.3 is 17.1 Å². The number of carbonyl (C=O) groups excluding carboxylic acids is 1. The predicted octanol–water partition coefficient (Wildman–Crippen LogP) is 6.23. The molecule has 0 radical (unpaired) electrons. The van der Waals surface area contributed by atoms with E-state index < -0.39 is 0 Å². The number of hydrogen-bond donors (Lipinski definition) is 1. The van der Waals surface area contributed by atoms with Crippen molar-refractivity contribution in [2.24, 2.45) is 0 Å². The van der Waals surface area contributed by atoms with Crippen molar-refractivity contribution in [2.45, 2.75) is 44.7 Å². The van der Waals surface area contributed by atoms with Gasteiger partial charge in [-0.2, -0.15) is 30.3 Å². The zero-order chi connectivity index (χ0) is 20.4. The van der Waals surface area contributed by atoms with Crippen LogP contribution >= 0.6 is 11.8 Å². The standard InChI is InChI=1S/C19H25N2OS.C5H5.Fe/c1-14(2)21(15(3)4)13-23-18-12-8-11-17(18)20-19(22)16-9-6-5-7-10-16;1-2-4-5-3-1;/h5-12,14-15H,13H2,1-4H3,(H,20,22);1-5H;/q2*-1;+2. The molecule has 5 heteroatoms. The third-order valence-corrected chi connectivity index (χ3v) is 5.41. The van der Waals surface area contributed by atoms with E-state index in [4.69, 9.17) is 0 Å². The van der Waals surface area contributed by atoms with Crippen molar-refractivity contribution in [3.63, 3.8) is 0 Å². The minimum absolute atomic E-state index is 0. The third kappa shape index (κ3) is 8.63. The van der Waals surface area contributed by atoms with Gasteiger partial charge in [0.05, 0.1) is 0 Å². The Morgan fingerprint density at radius 2 is 1.62 bits per heavy atom. The summed E-state index contributed by atoms with van der Waals surface area (Å²) in [7, 11) is 0. The maximum Gasteiger partial charge on any atom is 2.00 e. The van der Waals surface area contributed by atoms with Crippen LogP contribution in [0.2, 0.25) is 0 Å². The van der Waals surface area contributed by atoms with Gasteiger partial charge in [-0.05, 0) is 38.9 Å². The van der Waals surface area contributed by atoms with Crippen LogP contribution < -0.4 is 5.32 Å². The van der Waals surface area contributed by atoms with Crippen molar-refractivity contribution in [1.82, 2.24) is 4.90 Å². The predicted molar refractivity (Wildman–Crippen MR) is 121 cm³/mol. The Morgan fingerprint density at radius 3 is 2.14 bits per heavy atom. The summed E-state index contributed by atoms with van der Waals surface area (Å²) in [4.78, 5) is 15.8. The van der Waals surface area contributed by atoms with Gasteiger partial charge in [-0.25, -0.2) is 12.1 Å². The van der Waals surface area contributed by atoms with Crippen LogP contribution in [0, 0.1) is 0 Å². The topological polar surface area (TPSA) is 32.3 Å². The molecule has 0 aliphatic rings. The second-order valence-electron chi connectivity index (χ2n) is 7.06. The molecule has 1 amide bonds. The number of carbonyl (C=O) groups is 1. The van der Waals surface area contributed by atoms with E-state index in [0.717, 1.165) is 16.5 Å². The van der Waals surface area contributed by atoms with Gasteiger partial charge in [0.15, 0.2) is 5.91 Å². The number of rotatable bonds is 7. The molecule has 0 unspecified atom stereocenters. The molecule has 0 atom stereocenters. The molecule has 3 nitrogen and oxygen atoms in total. The fraction of sp³-hybridized carbons (Fsp3) is 0.292. The fourth-order valence-electron chi connectivity index (χ4n) is 2.78. The Hall–Kier alpha value is -1.78. The van der Waals surface area contributed by atoms with Gasteiger partial charge < -0.3 is 10.1 Å². The van der Waals surface area contributed by atoms with E-state index in [1.54, 1.807) is 11.8 Å². The number of nitrogens with zero attached hydrogens (tertiary/aromatic N) is 1. The molecular weight excluding hydrogens is 420 g/mol. The molecule has 29 heavy (non-hydrogen) atoms. The zero-order valence-corrected chi connectivity index (χ0v) is 19.4. The van der Waals surface area contributed by atoms with Gasteiger partial charge in [0.25, 0.3) is 0 Å². The van der Waals surface area contributed by atoms with Crippen LogP contribution in [0.25, 0.3) is 0 Å². The Bertz CT molecular complexity index is 772. The molecule has 3 aromatic carbocycles. The molecule has 0 aliphatic carbocycles. The fourth-order valence-corrected chi connectivity index (χ4v) is 4.11. The van der Waals surface area contributed by atoms with E-state index >= 15 is 0 Å². The molecule has 0 heterocycles. The van der Waals surface area contributed by atoms with Crippen LogP contribution in [-0.4, -0.2) is 28.8 Å². The molecule has 0 fully saturated rings. The van der Waals surface area contributed by atoms with Gasteiger partial charge in [-0.1, -0.05) is 35.2 Å². The largest absolute Gasteiger partial charge is 2.00 e. The quantitative estimate of drug-likeness (QED) is 0.201. The van der Waals surface area contributed by atoms with Crippen molar-refractivity contribution in [3.8, 4) is 0 Å². The number of benzene rings is 1. The molecule has 156 valence electrons. The number of hydrogen-bond acceptors (Lipinski definition) is 3. The first-order valence-electron chi connectivity index (χ1n) is 9.66. The van der Waals surface area contributed by atoms with E-state index in [1.165, 1.54) is 0 Å².